The first-order valence-corrected chi connectivity index (χ1v) is 6.68. The molecule has 0 radical (unpaired) electrons. The van der Waals surface area contributed by atoms with E-state index in [1.165, 1.54) is 0 Å². The zero-order chi connectivity index (χ0) is 12.4. The molecule has 3 atom stereocenters. The molecule has 2 fully saturated rings. The van der Waals surface area contributed by atoms with E-state index in [9.17, 15) is 9.18 Å². The molecular formula is C13H18ClFO2. The summed E-state index contributed by atoms with van der Waals surface area (Å²) in [7, 11) is 0. The van der Waals surface area contributed by atoms with Crippen LogP contribution in [0.4, 0.5) is 4.39 Å². The summed E-state index contributed by atoms with van der Waals surface area (Å²) in [4.78, 5) is 11.9. The third kappa shape index (κ3) is 3.01. The van der Waals surface area contributed by atoms with Gasteiger partial charge in [-0.2, -0.15) is 0 Å². The first kappa shape index (κ1) is 12.9. The minimum Gasteiger partial charge on any atom is -0.462 e. The fourth-order valence-electron chi connectivity index (χ4n) is 2.56. The largest absolute Gasteiger partial charge is 0.462 e. The first-order valence-electron chi connectivity index (χ1n) is 6.24. The van der Waals surface area contributed by atoms with Crippen molar-refractivity contribution in [3.63, 3.8) is 0 Å². The van der Waals surface area contributed by atoms with Gasteiger partial charge in [0.15, 0.2) is 0 Å². The van der Waals surface area contributed by atoms with E-state index in [0.717, 1.165) is 25.7 Å². The highest BCUT2D eigenvalue weighted by Gasteiger charge is 2.38. The molecule has 2 saturated carbocycles. The van der Waals surface area contributed by atoms with E-state index >= 15 is 0 Å². The second kappa shape index (κ2) is 5.38. The van der Waals surface area contributed by atoms with Crippen LogP contribution in [0.1, 0.15) is 38.5 Å². The summed E-state index contributed by atoms with van der Waals surface area (Å²) in [5.41, 5.74) is 0.468. The van der Waals surface area contributed by atoms with E-state index in [1.807, 2.05) is 0 Å². The maximum absolute atomic E-state index is 13.3. The Morgan fingerprint density at radius 3 is 2.71 bits per heavy atom. The Hall–Kier alpha value is -0.570. The number of esters is 1. The zero-order valence-corrected chi connectivity index (χ0v) is 10.6. The molecule has 0 aromatic heterocycles. The van der Waals surface area contributed by atoms with Gasteiger partial charge in [-0.1, -0.05) is 6.58 Å². The fourth-order valence-corrected chi connectivity index (χ4v) is 2.90. The highest BCUT2D eigenvalue weighted by Crippen LogP contribution is 2.35. The van der Waals surface area contributed by atoms with Gasteiger partial charge in [0, 0.05) is 0 Å². The van der Waals surface area contributed by atoms with Crippen molar-refractivity contribution < 1.29 is 13.9 Å². The standard InChI is InChI=1S/C13H18ClFO2/c1-8-6-10(11(14)7-12(8)15)13(16)17-9-4-2-3-5-9/h9-12H,1-7H2. The molecular weight excluding hydrogens is 243 g/mol. The average Bonchev–Trinajstić information content (AvgIpc) is 2.76. The van der Waals surface area contributed by atoms with Crippen molar-refractivity contribution >= 4 is 17.6 Å². The van der Waals surface area contributed by atoms with Crippen LogP contribution in [0.2, 0.25) is 0 Å². The van der Waals surface area contributed by atoms with Crippen molar-refractivity contribution in [3.8, 4) is 0 Å². The van der Waals surface area contributed by atoms with Crippen LogP contribution in [0.15, 0.2) is 12.2 Å². The minimum atomic E-state index is -1.08. The minimum absolute atomic E-state index is 0.0442. The predicted molar refractivity (Wildman–Crippen MR) is 64.7 cm³/mol. The van der Waals surface area contributed by atoms with Crippen LogP contribution in [0, 0.1) is 5.92 Å². The number of allylic oxidation sites excluding steroid dienone is 1. The van der Waals surface area contributed by atoms with Crippen molar-refractivity contribution in [2.75, 3.05) is 0 Å². The van der Waals surface area contributed by atoms with E-state index in [1.54, 1.807) is 0 Å². The Morgan fingerprint density at radius 2 is 2.06 bits per heavy atom. The molecule has 96 valence electrons. The van der Waals surface area contributed by atoms with Crippen LogP contribution < -0.4 is 0 Å². The van der Waals surface area contributed by atoms with Gasteiger partial charge in [0.25, 0.3) is 0 Å². The van der Waals surface area contributed by atoms with Gasteiger partial charge in [-0.3, -0.25) is 4.79 Å². The zero-order valence-electron chi connectivity index (χ0n) is 9.83. The normalized spacial score (nSPS) is 34.9. The molecule has 4 heteroatoms. The van der Waals surface area contributed by atoms with Gasteiger partial charge < -0.3 is 4.74 Å². The maximum Gasteiger partial charge on any atom is 0.311 e. The predicted octanol–water partition coefficient (Wildman–Crippen LogP) is 3.38. The Balaban J connectivity index is 1.91. The number of hydrogen-bond donors (Lipinski definition) is 0. The highest BCUT2D eigenvalue weighted by molar-refractivity contribution is 6.22. The SMILES string of the molecule is C=C1CC(C(=O)OC2CCCC2)C(Cl)CC1F. The smallest absolute Gasteiger partial charge is 0.311 e. The van der Waals surface area contributed by atoms with Crippen LogP contribution in [-0.2, 0) is 9.53 Å². The number of carbonyl (C=O) groups is 1. The summed E-state index contributed by atoms with van der Waals surface area (Å²) < 4.78 is 18.8. The molecule has 0 bridgehead atoms. The molecule has 0 saturated heterocycles. The van der Waals surface area contributed by atoms with Gasteiger partial charge in [0.1, 0.15) is 12.3 Å². The molecule has 2 aliphatic carbocycles. The number of halogens is 2. The van der Waals surface area contributed by atoms with Gasteiger partial charge in [0.2, 0.25) is 0 Å². The number of rotatable bonds is 2. The van der Waals surface area contributed by atoms with Crippen molar-refractivity contribution in [2.24, 2.45) is 5.92 Å². The summed E-state index contributed by atoms with van der Waals surface area (Å²) in [6.45, 7) is 3.65. The van der Waals surface area contributed by atoms with Crippen molar-refractivity contribution in [1.29, 1.82) is 0 Å². The van der Waals surface area contributed by atoms with Gasteiger partial charge in [-0.05, 0) is 44.1 Å². The maximum atomic E-state index is 13.3. The average molecular weight is 261 g/mol. The highest BCUT2D eigenvalue weighted by atomic mass is 35.5. The molecule has 3 unspecified atom stereocenters. The lowest BCUT2D eigenvalue weighted by molar-refractivity contribution is -0.154. The van der Waals surface area contributed by atoms with Crippen LogP contribution in [-0.4, -0.2) is 23.6 Å². The molecule has 17 heavy (non-hydrogen) atoms. The molecule has 0 heterocycles. The Morgan fingerprint density at radius 1 is 1.41 bits per heavy atom. The molecule has 0 N–H and O–H groups in total. The summed E-state index contributed by atoms with van der Waals surface area (Å²) in [5.74, 6) is -0.693. The lowest BCUT2D eigenvalue weighted by atomic mass is 9.84. The first-order chi connectivity index (χ1) is 8.08. The second-order valence-corrected chi connectivity index (χ2v) is 5.59. The lowest BCUT2D eigenvalue weighted by Crippen LogP contribution is -2.35. The van der Waals surface area contributed by atoms with E-state index < -0.39 is 17.5 Å². The lowest BCUT2D eigenvalue weighted by Gasteiger charge is -2.30. The summed E-state index contributed by atoms with van der Waals surface area (Å²) in [5, 5.41) is -0.468. The number of carbonyl (C=O) groups excluding carboxylic acids is 1. The van der Waals surface area contributed by atoms with E-state index in [2.05, 4.69) is 6.58 Å². The molecule has 2 nitrogen and oxygen atoms in total. The molecule has 0 aliphatic heterocycles. The van der Waals surface area contributed by atoms with E-state index in [4.69, 9.17) is 16.3 Å². The van der Waals surface area contributed by atoms with Crippen LogP contribution in [0.25, 0.3) is 0 Å². The second-order valence-electron chi connectivity index (χ2n) is 5.03. The summed E-state index contributed by atoms with van der Waals surface area (Å²) in [6.07, 6.45) is 3.58. The molecule has 2 aliphatic rings. The monoisotopic (exact) mass is 260 g/mol. The van der Waals surface area contributed by atoms with Crippen molar-refractivity contribution in [3.05, 3.63) is 12.2 Å². The third-order valence-electron chi connectivity index (χ3n) is 3.68. The Bertz CT molecular complexity index is 313. The van der Waals surface area contributed by atoms with Crippen LogP contribution in [0.3, 0.4) is 0 Å². The van der Waals surface area contributed by atoms with Gasteiger partial charge >= 0.3 is 5.97 Å². The van der Waals surface area contributed by atoms with Crippen LogP contribution >= 0.6 is 11.6 Å². The van der Waals surface area contributed by atoms with Crippen molar-refractivity contribution in [1.82, 2.24) is 0 Å². The fraction of sp³-hybridized carbons (Fsp3) is 0.769. The van der Waals surface area contributed by atoms with Gasteiger partial charge in [0.05, 0.1) is 11.3 Å². The number of hydrogen-bond acceptors (Lipinski definition) is 2. The van der Waals surface area contributed by atoms with E-state index in [-0.39, 0.29) is 18.5 Å². The van der Waals surface area contributed by atoms with Crippen molar-refractivity contribution in [2.45, 2.75) is 56.2 Å². The molecule has 0 aromatic carbocycles. The van der Waals surface area contributed by atoms with E-state index in [0.29, 0.717) is 12.0 Å². The number of ether oxygens (including phenoxy) is 1. The Labute approximate surface area is 106 Å². The quantitative estimate of drug-likeness (QED) is 0.432. The van der Waals surface area contributed by atoms with Crippen LogP contribution in [0.5, 0.6) is 0 Å². The Kier molecular flexibility index (Phi) is 4.08. The van der Waals surface area contributed by atoms with Gasteiger partial charge in [-0.25, -0.2) is 4.39 Å². The third-order valence-corrected chi connectivity index (χ3v) is 4.16. The summed E-state index contributed by atoms with van der Waals surface area (Å²) >= 11 is 6.04. The topological polar surface area (TPSA) is 26.3 Å². The molecule has 0 aromatic rings. The summed E-state index contributed by atoms with van der Waals surface area (Å²) in [6, 6.07) is 0. The number of alkyl halides is 2. The molecule has 2 rings (SSSR count). The van der Waals surface area contributed by atoms with Gasteiger partial charge in [-0.15, -0.1) is 11.6 Å². The molecule has 0 amide bonds. The molecule has 0 spiro atoms.